The first-order valence-electron chi connectivity index (χ1n) is 10.4. The Balaban J connectivity index is 1.52. The average molecular weight is 412 g/mol. The molecule has 31 heavy (non-hydrogen) atoms. The third-order valence-electron chi connectivity index (χ3n) is 5.98. The number of rotatable bonds is 5. The zero-order chi connectivity index (χ0) is 21.4. The summed E-state index contributed by atoms with van der Waals surface area (Å²) < 4.78 is 11.4. The first-order valence-corrected chi connectivity index (χ1v) is 10.4. The van der Waals surface area contributed by atoms with Gasteiger partial charge in [-0.25, -0.2) is 0 Å². The van der Waals surface area contributed by atoms with E-state index in [1.54, 1.807) is 0 Å². The summed E-state index contributed by atoms with van der Waals surface area (Å²) in [6.45, 7) is 4.30. The first kappa shape index (κ1) is 19.2. The fraction of sp³-hybridized carbons (Fsp3) is 0.192. The van der Waals surface area contributed by atoms with Crippen molar-refractivity contribution in [2.75, 3.05) is 12.1 Å². The zero-order valence-electron chi connectivity index (χ0n) is 17.6. The second-order valence-electron chi connectivity index (χ2n) is 7.97. The normalized spacial score (nSPS) is 13.4. The van der Waals surface area contributed by atoms with Gasteiger partial charge >= 0.3 is 0 Å². The number of benzene rings is 3. The number of anilines is 1. The van der Waals surface area contributed by atoms with Crippen LogP contribution in [0.15, 0.2) is 66.9 Å². The summed E-state index contributed by atoms with van der Waals surface area (Å²) in [5, 5.41) is 4.17. The highest BCUT2D eigenvalue weighted by atomic mass is 16.7. The fourth-order valence-corrected chi connectivity index (χ4v) is 4.21. The van der Waals surface area contributed by atoms with Crippen molar-refractivity contribution in [2.24, 2.45) is 0 Å². The van der Waals surface area contributed by atoms with Gasteiger partial charge in [0.05, 0.1) is 0 Å². The van der Waals surface area contributed by atoms with E-state index in [-0.39, 0.29) is 25.0 Å². The highest BCUT2D eigenvalue weighted by molar-refractivity contribution is 5.93. The van der Waals surface area contributed by atoms with Crippen LogP contribution in [0.5, 0.6) is 11.5 Å². The molecular formula is C26H24N2O3. The van der Waals surface area contributed by atoms with Crippen LogP contribution in [-0.2, 0) is 4.79 Å². The van der Waals surface area contributed by atoms with E-state index in [2.05, 4.69) is 23.3 Å². The Hall–Kier alpha value is -3.73. The van der Waals surface area contributed by atoms with Gasteiger partial charge in [0.15, 0.2) is 11.5 Å². The van der Waals surface area contributed by atoms with E-state index in [1.807, 2.05) is 67.7 Å². The van der Waals surface area contributed by atoms with E-state index in [9.17, 15) is 4.79 Å². The Morgan fingerprint density at radius 1 is 1.00 bits per heavy atom. The van der Waals surface area contributed by atoms with Crippen LogP contribution >= 0.6 is 0 Å². The smallest absolute Gasteiger partial charge is 0.231 e. The molecule has 1 aromatic heterocycles. The van der Waals surface area contributed by atoms with Crippen molar-refractivity contribution in [3.63, 3.8) is 0 Å². The molecule has 0 spiro atoms. The molecule has 4 aromatic rings. The number of hydrogen-bond acceptors (Lipinski definition) is 3. The number of carbonyl (C=O) groups is 1. The molecule has 0 bridgehead atoms. The average Bonchev–Trinajstić information content (AvgIpc) is 3.42. The van der Waals surface area contributed by atoms with Crippen molar-refractivity contribution < 1.29 is 14.3 Å². The minimum absolute atomic E-state index is 0.0462. The van der Waals surface area contributed by atoms with Crippen molar-refractivity contribution >= 4 is 22.5 Å². The number of H-pyrrole nitrogens is 1. The molecule has 156 valence electrons. The molecule has 1 atom stereocenters. The van der Waals surface area contributed by atoms with Crippen LogP contribution in [0.3, 0.4) is 0 Å². The summed E-state index contributed by atoms with van der Waals surface area (Å²) >= 11 is 0. The summed E-state index contributed by atoms with van der Waals surface area (Å²) in [7, 11) is 0. The lowest BCUT2D eigenvalue weighted by molar-refractivity contribution is -0.116. The van der Waals surface area contributed by atoms with Crippen LogP contribution in [0.1, 0.15) is 34.6 Å². The Morgan fingerprint density at radius 3 is 2.74 bits per heavy atom. The van der Waals surface area contributed by atoms with Crippen LogP contribution in [0.4, 0.5) is 5.69 Å². The van der Waals surface area contributed by atoms with Gasteiger partial charge in [0.25, 0.3) is 0 Å². The van der Waals surface area contributed by atoms with Crippen LogP contribution in [0.25, 0.3) is 10.9 Å². The molecule has 0 aliphatic carbocycles. The molecule has 2 heterocycles. The first-order chi connectivity index (χ1) is 15.1. The van der Waals surface area contributed by atoms with Crippen LogP contribution in [0, 0.1) is 13.8 Å². The predicted molar refractivity (Wildman–Crippen MR) is 122 cm³/mol. The lowest BCUT2D eigenvalue weighted by Gasteiger charge is -2.19. The third-order valence-corrected chi connectivity index (χ3v) is 5.98. The molecule has 1 amide bonds. The summed E-state index contributed by atoms with van der Waals surface area (Å²) in [6.07, 6.45) is 2.28. The van der Waals surface area contributed by atoms with Crippen LogP contribution in [0.2, 0.25) is 0 Å². The fourth-order valence-electron chi connectivity index (χ4n) is 4.21. The van der Waals surface area contributed by atoms with Crippen molar-refractivity contribution in [3.8, 4) is 11.5 Å². The number of nitrogens with one attached hydrogen (secondary N) is 2. The maximum absolute atomic E-state index is 13.1. The van der Waals surface area contributed by atoms with E-state index < -0.39 is 0 Å². The molecule has 5 heteroatoms. The lowest BCUT2D eigenvalue weighted by atomic mass is 9.87. The SMILES string of the molecule is Cc1ccc(NC(=O)CC(c2cccc3c2OCO3)c2c[nH]c3ccccc23)cc1C. The summed E-state index contributed by atoms with van der Waals surface area (Å²) in [5.74, 6) is 1.21. The van der Waals surface area contributed by atoms with Gasteiger partial charge in [0.1, 0.15) is 0 Å². The molecule has 3 aromatic carbocycles. The van der Waals surface area contributed by atoms with E-state index in [0.717, 1.165) is 44.8 Å². The molecule has 1 aliphatic rings. The van der Waals surface area contributed by atoms with Gasteiger partial charge in [-0.2, -0.15) is 0 Å². The second kappa shape index (κ2) is 7.84. The van der Waals surface area contributed by atoms with Crippen LogP contribution in [-0.4, -0.2) is 17.7 Å². The van der Waals surface area contributed by atoms with Gasteiger partial charge < -0.3 is 19.8 Å². The predicted octanol–water partition coefficient (Wildman–Crippen LogP) is 5.67. The molecule has 1 unspecified atom stereocenters. The molecule has 1 aliphatic heterocycles. The van der Waals surface area contributed by atoms with Crippen LogP contribution < -0.4 is 14.8 Å². The molecule has 0 saturated carbocycles. The summed E-state index contributed by atoms with van der Waals surface area (Å²) in [5.41, 5.74) is 6.22. The third kappa shape index (κ3) is 3.63. The van der Waals surface area contributed by atoms with E-state index in [0.29, 0.717) is 0 Å². The number of para-hydroxylation sites is 2. The summed E-state index contributed by atoms with van der Waals surface area (Å²) in [4.78, 5) is 16.5. The summed E-state index contributed by atoms with van der Waals surface area (Å²) in [6, 6.07) is 20.0. The molecule has 5 nitrogen and oxygen atoms in total. The number of aromatic amines is 1. The maximum Gasteiger partial charge on any atom is 0.231 e. The highest BCUT2D eigenvalue weighted by Gasteiger charge is 2.28. The monoisotopic (exact) mass is 412 g/mol. The molecular weight excluding hydrogens is 388 g/mol. The molecule has 2 N–H and O–H groups in total. The number of amides is 1. The number of carbonyl (C=O) groups excluding carboxylic acids is 1. The second-order valence-corrected chi connectivity index (χ2v) is 7.97. The lowest BCUT2D eigenvalue weighted by Crippen LogP contribution is -2.17. The van der Waals surface area contributed by atoms with Gasteiger partial charge in [0, 0.05) is 40.7 Å². The van der Waals surface area contributed by atoms with E-state index in [1.165, 1.54) is 5.56 Å². The van der Waals surface area contributed by atoms with E-state index in [4.69, 9.17) is 9.47 Å². The number of hydrogen-bond donors (Lipinski definition) is 2. The number of ether oxygens (including phenoxy) is 2. The van der Waals surface area contributed by atoms with Crippen molar-refractivity contribution in [1.29, 1.82) is 0 Å². The Labute approximate surface area is 181 Å². The number of fused-ring (bicyclic) bond motifs is 2. The Kier molecular flexibility index (Phi) is 4.86. The van der Waals surface area contributed by atoms with Gasteiger partial charge in [0.2, 0.25) is 12.7 Å². The van der Waals surface area contributed by atoms with Crippen molar-refractivity contribution in [3.05, 3.63) is 89.1 Å². The Bertz CT molecular complexity index is 1270. The Morgan fingerprint density at radius 2 is 1.87 bits per heavy atom. The number of aromatic nitrogens is 1. The highest BCUT2D eigenvalue weighted by Crippen LogP contribution is 2.44. The number of aryl methyl sites for hydroxylation is 2. The molecule has 0 radical (unpaired) electrons. The molecule has 5 rings (SSSR count). The van der Waals surface area contributed by atoms with Crippen molar-refractivity contribution in [1.82, 2.24) is 4.98 Å². The van der Waals surface area contributed by atoms with E-state index >= 15 is 0 Å². The van der Waals surface area contributed by atoms with Gasteiger partial charge in [-0.3, -0.25) is 4.79 Å². The quantitative estimate of drug-likeness (QED) is 0.444. The maximum atomic E-state index is 13.1. The largest absolute Gasteiger partial charge is 0.454 e. The standard InChI is InChI=1S/C26H24N2O3/c1-16-10-11-18(12-17(16)2)28-25(29)13-21(20-7-5-9-24-26(20)31-15-30-24)22-14-27-23-8-4-3-6-19(22)23/h3-12,14,21,27H,13,15H2,1-2H3,(H,28,29). The minimum Gasteiger partial charge on any atom is -0.454 e. The zero-order valence-corrected chi connectivity index (χ0v) is 17.6. The minimum atomic E-state index is -0.181. The molecule has 0 fully saturated rings. The van der Waals surface area contributed by atoms with Gasteiger partial charge in [-0.1, -0.05) is 36.4 Å². The van der Waals surface area contributed by atoms with Gasteiger partial charge in [-0.15, -0.1) is 0 Å². The van der Waals surface area contributed by atoms with Gasteiger partial charge in [-0.05, 0) is 54.8 Å². The topological polar surface area (TPSA) is 63.4 Å². The molecule has 0 saturated heterocycles. The van der Waals surface area contributed by atoms with Crippen molar-refractivity contribution in [2.45, 2.75) is 26.2 Å².